The second kappa shape index (κ2) is 5.69. The molecule has 1 aromatic carbocycles. The molecule has 1 nitrogen and oxygen atoms in total. The van der Waals surface area contributed by atoms with Crippen LogP contribution in [0.3, 0.4) is 0 Å². The van der Waals surface area contributed by atoms with Crippen LogP contribution in [0.1, 0.15) is 37.7 Å². The van der Waals surface area contributed by atoms with E-state index in [0.717, 1.165) is 4.90 Å². The molecule has 0 saturated heterocycles. The molecule has 16 heavy (non-hydrogen) atoms. The third kappa shape index (κ3) is 2.98. The van der Waals surface area contributed by atoms with E-state index in [1.165, 1.54) is 38.2 Å². The number of thioether (sulfide) groups is 1. The van der Waals surface area contributed by atoms with E-state index >= 15 is 0 Å². The molecular weight excluding hydrogens is 223 g/mol. The highest BCUT2D eigenvalue weighted by atomic mass is 32.2. The number of halogens is 1. The van der Waals surface area contributed by atoms with Gasteiger partial charge in [-0.2, -0.15) is 0 Å². The number of hydrogen-bond acceptors (Lipinski definition) is 2. The zero-order valence-electron chi connectivity index (χ0n) is 9.29. The minimum absolute atomic E-state index is 0.0920. The lowest BCUT2D eigenvalue weighted by Crippen LogP contribution is -2.08. The summed E-state index contributed by atoms with van der Waals surface area (Å²) in [6.07, 6.45) is 6.27. The lowest BCUT2D eigenvalue weighted by atomic mass is 10.0. The van der Waals surface area contributed by atoms with Crippen LogP contribution in [-0.4, -0.2) is 10.4 Å². The Kier molecular flexibility index (Phi) is 4.24. The first kappa shape index (κ1) is 11.9. The highest BCUT2D eigenvalue weighted by molar-refractivity contribution is 8.00. The molecule has 0 amide bonds. The van der Waals surface area contributed by atoms with Crippen LogP contribution in [0.4, 0.5) is 4.39 Å². The summed E-state index contributed by atoms with van der Waals surface area (Å²) >= 11 is 1.65. The predicted octanol–water partition coefficient (Wildman–Crippen LogP) is 3.74. The van der Waals surface area contributed by atoms with Crippen molar-refractivity contribution in [1.82, 2.24) is 0 Å². The van der Waals surface area contributed by atoms with Crippen LogP contribution >= 0.6 is 11.8 Å². The molecule has 3 heteroatoms. The monoisotopic (exact) mass is 240 g/mol. The zero-order valence-corrected chi connectivity index (χ0v) is 10.1. The zero-order chi connectivity index (χ0) is 11.4. The van der Waals surface area contributed by atoms with Gasteiger partial charge in [-0.25, -0.2) is 4.39 Å². The van der Waals surface area contributed by atoms with E-state index in [9.17, 15) is 4.39 Å². The first-order valence-corrected chi connectivity index (χ1v) is 6.73. The standard InChI is InChI=1S/C13H17FOS/c14-12-8-10(9-15)6-7-13(12)16-11-4-2-1-3-5-11/h6-8,11,15H,1-5,9H2. The molecule has 1 aliphatic rings. The van der Waals surface area contributed by atoms with Crippen LogP contribution in [-0.2, 0) is 6.61 Å². The molecule has 0 aromatic heterocycles. The molecule has 0 spiro atoms. The van der Waals surface area contributed by atoms with E-state index in [0.29, 0.717) is 10.8 Å². The summed E-state index contributed by atoms with van der Waals surface area (Å²) in [5, 5.41) is 9.47. The Bertz CT molecular complexity index is 348. The van der Waals surface area contributed by atoms with Crippen molar-refractivity contribution in [3.63, 3.8) is 0 Å². The van der Waals surface area contributed by atoms with Gasteiger partial charge in [0.05, 0.1) is 6.61 Å². The summed E-state index contributed by atoms with van der Waals surface area (Å²) in [6.45, 7) is -0.0920. The molecule has 0 radical (unpaired) electrons. The van der Waals surface area contributed by atoms with Crippen molar-refractivity contribution in [1.29, 1.82) is 0 Å². The Morgan fingerprint density at radius 1 is 1.25 bits per heavy atom. The molecule has 1 aromatic rings. The number of aliphatic hydroxyl groups is 1. The molecule has 0 aliphatic heterocycles. The minimum atomic E-state index is -0.192. The maximum atomic E-state index is 13.7. The topological polar surface area (TPSA) is 20.2 Å². The van der Waals surface area contributed by atoms with Crippen LogP contribution in [0.5, 0.6) is 0 Å². The largest absolute Gasteiger partial charge is 0.392 e. The summed E-state index contributed by atoms with van der Waals surface area (Å²) in [5.41, 5.74) is 0.644. The third-order valence-corrected chi connectivity index (χ3v) is 4.41. The number of aliphatic hydroxyl groups excluding tert-OH is 1. The second-order valence-electron chi connectivity index (χ2n) is 4.30. The molecule has 1 fully saturated rings. The molecule has 1 N–H and O–H groups in total. The van der Waals surface area contributed by atoms with Gasteiger partial charge in [0.2, 0.25) is 0 Å². The van der Waals surface area contributed by atoms with Crippen molar-refractivity contribution < 1.29 is 9.50 Å². The smallest absolute Gasteiger partial charge is 0.137 e. The molecule has 1 saturated carbocycles. The van der Waals surface area contributed by atoms with Gasteiger partial charge < -0.3 is 5.11 Å². The molecule has 2 rings (SSSR count). The molecule has 0 unspecified atom stereocenters. The Morgan fingerprint density at radius 3 is 2.62 bits per heavy atom. The van der Waals surface area contributed by atoms with Crippen LogP contribution < -0.4 is 0 Å². The Morgan fingerprint density at radius 2 is 2.00 bits per heavy atom. The van der Waals surface area contributed by atoms with E-state index in [2.05, 4.69) is 0 Å². The summed E-state index contributed by atoms with van der Waals surface area (Å²) in [6, 6.07) is 5.03. The highest BCUT2D eigenvalue weighted by Crippen LogP contribution is 2.34. The molecule has 0 atom stereocenters. The van der Waals surface area contributed by atoms with Gasteiger partial charge in [-0.1, -0.05) is 25.3 Å². The fraction of sp³-hybridized carbons (Fsp3) is 0.538. The second-order valence-corrected chi connectivity index (χ2v) is 5.64. The van der Waals surface area contributed by atoms with Crippen LogP contribution in [0, 0.1) is 5.82 Å². The van der Waals surface area contributed by atoms with Crippen LogP contribution in [0.15, 0.2) is 23.1 Å². The Hall–Kier alpha value is -0.540. The summed E-state index contributed by atoms with van der Waals surface area (Å²) in [4.78, 5) is 0.726. The summed E-state index contributed by atoms with van der Waals surface area (Å²) in [5.74, 6) is -0.192. The number of hydrogen-bond donors (Lipinski definition) is 1. The Labute approximate surface area is 100 Å². The normalized spacial score (nSPS) is 17.6. The number of rotatable bonds is 3. The van der Waals surface area contributed by atoms with E-state index < -0.39 is 0 Å². The van der Waals surface area contributed by atoms with E-state index in [1.807, 2.05) is 0 Å². The summed E-state index contributed by atoms with van der Waals surface area (Å²) in [7, 11) is 0. The van der Waals surface area contributed by atoms with Gasteiger partial charge in [-0.05, 0) is 30.5 Å². The van der Waals surface area contributed by atoms with Gasteiger partial charge in [0.25, 0.3) is 0 Å². The molecule has 88 valence electrons. The van der Waals surface area contributed by atoms with Gasteiger partial charge in [-0.3, -0.25) is 0 Å². The maximum absolute atomic E-state index is 13.7. The Balaban J connectivity index is 2.03. The molecule has 0 bridgehead atoms. The molecular formula is C13H17FOS. The van der Waals surface area contributed by atoms with Crippen molar-refractivity contribution in [3.8, 4) is 0 Å². The van der Waals surface area contributed by atoms with Crippen molar-refractivity contribution in [2.45, 2.75) is 48.9 Å². The van der Waals surface area contributed by atoms with Gasteiger partial charge in [0, 0.05) is 10.1 Å². The van der Waals surface area contributed by atoms with E-state index in [1.54, 1.807) is 23.9 Å². The predicted molar refractivity (Wildman–Crippen MR) is 65.1 cm³/mol. The fourth-order valence-corrected chi connectivity index (χ4v) is 3.35. The lowest BCUT2D eigenvalue weighted by Gasteiger charge is -2.21. The first-order valence-electron chi connectivity index (χ1n) is 5.85. The van der Waals surface area contributed by atoms with E-state index in [-0.39, 0.29) is 12.4 Å². The molecule has 1 aliphatic carbocycles. The van der Waals surface area contributed by atoms with Crippen molar-refractivity contribution in [3.05, 3.63) is 29.6 Å². The maximum Gasteiger partial charge on any atom is 0.137 e. The lowest BCUT2D eigenvalue weighted by molar-refractivity contribution is 0.281. The number of benzene rings is 1. The highest BCUT2D eigenvalue weighted by Gasteiger charge is 2.16. The van der Waals surface area contributed by atoms with Gasteiger partial charge in [0.15, 0.2) is 0 Å². The quantitative estimate of drug-likeness (QED) is 0.868. The third-order valence-electron chi connectivity index (χ3n) is 3.02. The van der Waals surface area contributed by atoms with E-state index in [4.69, 9.17) is 5.11 Å². The fourth-order valence-electron chi connectivity index (χ4n) is 2.10. The van der Waals surface area contributed by atoms with Crippen molar-refractivity contribution in [2.75, 3.05) is 0 Å². The SMILES string of the molecule is OCc1ccc(SC2CCCCC2)c(F)c1. The van der Waals surface area contributed by atoms with Gasteiger partial charge in [-0.15, -0.1) is 11.8 Å². The molecule has 0 heterocycles. The van der Waals surface area contributed by atoms with Gasteiger partial charge >= 0.3 is 0 Å². The van der Waals surface area contributed by atoms with Crippen molar-refractivity contribution in [2.24, 2.45) is 0 Å². The van der Waals surface area contributed by atoms with Crippen molar-refractivity contribution >= 4 is 11.8 Å². The van der Waals surface area contributed by atoms with Crippen LogP contribution in [0.2, 0.25) is 0 Å². The first-order chi connectivity index (χ1) is 7.79. The van der Waals surface area contributed by atoms with Gasteiger partial charge in [0.1, 0.15) is 5.82 Å². The average Bonchev–Trinajstić information content (AvgIpc) is 2.33. The minimum Gasteiger partial charge on any atom is -0.392 e. The van der Waals surface area contributed by atoms with Crippen LogP contribution in [0.25, 0.3) is 0 Å². The average molecular weight is 240 g/mol. The summed E-state index contributed by atoms with van der Waals surface area (Å²) < 4.78 is 13.7.